The molecule has 2 nitrogen and oxygen atoms in total. The van der Waals surface area contributed by atoms with Crippen molar-refractivity contribution in [2.45, 2.75) is 65.6 Å². The summed E-state index contributed by atoms with van der Waals surface area (Å²) in [6.45, 7) is 10.8. The van der Waals surface area contributed by atoms with Gasteiger partial charge in [-0.25, -0.2) is 0 Å². The molecule has 0 aromatic heterocycles. The number of unbranched alkanes of at least 4 members (excludes halogenated alkanes) is 2. The number of allylic oxidation sites excluding steroid dienone is 3. The Hall–Kier alpha value is -2.11. The smallest absolute Gasteiger partial charge is 0.156 e. The van der Waals surface area contributed by atoms with Gasteiger partial charge in [0.1, 0.15) is 6.10 Å². The third-order valence-electron chi connectivity index (χ3n) is 4.18. The van der Waals surface area contributed by atoms with E-state index >= 15 is 0 Å². The molecule has 0 fully saturated rings. The highest BCUT2D eigenvalue weighted by atomic mass is 16.5. The lowest BCUT2D eigenvalue weighted by atomic mass is 9.87. The fourth-order valence-electron chi connectivity index (χ4n) is 2.39. The first-order valence-electron chi connectivity index (χ1n) is 9.46. The second kappa shape index (κ2) is 12.3. The van der Waals surface area contributed by atoms with Crippen molar-refractivity contribution in [3.05, 3.63) is 60.7 Å². The summed E-state index contributed by atoms with van der Waals surface area (Å²) >= 11 is 0. The number of hydrogen-bond donors (Lipinski definition) is 0. The minimum atomic E-state index is -0.206. The van der Waals surface area contributed by atoms with E-state index in [1.165, 1.54) is 0 Å². The molecule has 1 atom stereocenters. The fourth-order valence-corrected chi connectivity index (χ4v) is 2.39. The van der Waals surface area contributed by atoms with Crippen LogP contribution in [0, 0.1) is 17.3 Å². The molecule has 2 heteroatoms. The quantitative estimate of drug-likeness (QED) is 0.215. The molecule has 1 aromatic rings. The molecular weight excluding hydrogens is 320 g/mol. The molecule has 0 bridgehead atoms. The molecular formula is C24H32O2. The van der Waals surface area contributed by atoms with Gasteiger partial charge in [0.25, 0.3) is 0 Å². The third kappa shape index (κ3) is 10.0. The van der Waals surface area contributed by atoms with Gasteiger partial charge in [-0.1, -0.05) is 81.9 Å². The maximum Gasteiger partial charge on any atom is 0.156 e. The van der Waals surface area contributed by atoms with Gasteiger partial charge in [0.15, 0.2) is 5.78 Å². The summed E-state index contributed by atoms with van der Waals surface area (Å²) in [5.41, 5.74) is 1.06. The topological polar surface area (TPSA) is 26.3 Å². The van der Waals surface area contributed by atoms with Crippen LogP contribution in [0.15, 0.2) is 55.1 Å². The fraction of sp³-hybridized carbons (Fsp3) is 0.458. The van der Waals surface area contributed by atoms with Crippen LogP contribution in [0.1, 0.15) is 58.4 Å². The standard InChI is InChI=1S/C24H32O2/c1-5-7-9-16-22(25)17-12-13-18-23(19-24(3,4)6-2)26-20-21-14-10-8-11-15-21/h6,8,10-12,14-15,17,23H,2,5,7,9,16,19-20H2,1,3-4H3/b17-12+. The van der Waals surface area contributed by atoms with Gasteiger partial charge in [0, 0.05) is 6.42 Å². The Morgan fingerprint density at radius 2 is 2.00 bits per heavy atom. The molecule has 140 valence electrons. The predicted octanol–water partition coefficient (Wildman–Crippen LogP) is 5.88. The highest BCUT2D eigenvalue weighted by Gasteiger charge is 2.19. The van der Waals surface area contributed by atoms with E-state index in [4.69, 9.17) is 4.74 Å². The number of carbonyl (C=O) groups is 1. The van der Waals surface area contributed by atoms with E-state index < -0.39 is 0 Å². The molecule has 0 spiro atoms. The van der Waals surface area contributed by atoms with Crippen LogP contribution in [-0.4, -0.2) is 11.9 Å². The van der Waals surface area contributed by atoms with E-state index in [1.54, 1.807) is 12.2 Å². The summed E-state index contributed by atoms with van der Waals surface area (Å²) in [6.07, 6.45) is 9.47. The van der Waals surface area contributed by atoms with Crippen LogP contribution in [0.5, 0.6) is 0 Å². The molecule has 0 aliphatic heterocycles. The average Bonchev–Trinajstić information content (AvgIpc) is 2.64. The Balaban J connectivity index is 2.64. The molecule has 1 aromatic carbocycles. The molecule has 0 amide bonds. The zero-order valence-electron chi connectivity index (χ0n) is 16.5. The average molecular weight is 353 g/mol. The lowest BCUT2D eigenvalue weighted by molar-refractivity contribution is -0.114. The van der Waals surface area contributed by atoms with Gasteiger partial charge in [-0.3, -0.25) is 4.79 Å². The Morgan fingerprint density at radius 1 is 1.27 bits per heavy atom. The van der Waals surface area contributed by atoms with E-state index in [9.17, 15) is 4.79 Å². The van der Waals surface area contributed by atoms with Crippen LogP contribution < -0.4 is 0 Å². The maximum absolute atomic E-state index is 11.7. The second-order valence-corrected chi connectivity index (χ2v) is 7.23. The largest absolute Gasteiger partial charge is 0.361 e. The van der Waals surface area contributed by atoms with Crippen molar-refractivity contribution in [2.24, 2.45) is 5.41 Å². The lowest BCUT2D eigenvalue weighted by Gasteiger charge is -2.23. The number of rotatable bonds is 11. The number of carbonyl (C=O) groups excluding carboxylic acids is 1. The second-order valence-electron chi connectivity index (χ2n) is 7.23. The van der Waals surface area contributed by atoms with Gasteiger partial charge in [0.05, 0.1) is 6.61 Å². The summed E-state index contributed by atoms with van der Waals surface area (Å²) in [5, 5.41) is 0. The molecule has 0 saturated carbocycles. The predicted molar refractivity (Wildman–Crippen MR) is 110 cm³/mol. The Kier molecular flexibility index (Phi) is 10.4. The molecule has 0 N–H and O–H groups in total. The first-order chi connectivity index (χ1) is 12.5. The van der Waals surface area contributed by atoms with Crippen LogP contribution in [0.25, 0.3) is 0 Å². The number of ether oxygens (including phenoxy) is 1. The van der Waals surface area contributed by atoms with Crippen molar-refractivity contribution in [3.8, 4) is 11.8 Å². The molecule has 0 saturated heterocycles. The number of hydrogen-bond acceptors (Lipinski definition) is 2. The SMILES string of the molecule is C=CC(C)(C)CC(C#C/C=C/C(=O)CCCCC)OCc1ccccc1. The molecule has 0 heterocycles. The summed E-state index contributed by atoms with van der Waals surface area (Å²) in [7, 11) is 0. The third-order valence-corrected chi connectivity index (χ3v) is 4.18. The summed E-state index contributed by atoms with van der Waals surface area (Å²) < 4.78 is 6.01. The van der Waals surface area contributed by atoms with E-state index in [-0.39, 0.29) is 17.3 Å². The number of ketones is 1. The molecule has 1 unspecified atom stereocenters. The van der Waals surface area contributed by atoms with Gasteiger partial charge < -0.3 is 4.74 Å². The van der Waals surface area contributed by atoms with Crippen molar-refractivity contribution < 1.29 is 9.53 Å². The van der Waals surface area contributed by atoms with Crippen LogP contribution >= 0.6 is 0 Å². The van der Waals surface area contributed by atoms with Crippen LogP contribution in [0.4, 0.5) is 0 Å². The van der Waals surface area contributed by atoms with E-state index in [0.717, 1.165) is 31.2 Å². The molecule has 0 aliphatic carbocycles. The first-order valence-corrected chi connectivity index (χ1v) is 9.46. The van der Waals surface area contributed by atoms with Crippen molar-refractivity contribution >= 4 is 5.78 Å². The van der Waals surface area contributed by atoms with E-state index in [2.05, 4.69) is 39.2 Å². The highest BCUT2D eigenvalue weighted by molar-refractivity contribution is 5.89. The van der Waals surface area contributed by atoms with Crippen LogP contribution in [0.2, 0.25) is 0 Å². The normalized spacial score (nSPS) is 12.4. The molecule has 26 heavy (non-hydrogen) atoms. The Morgan fingerprint density at radius 3 is 2.65 bits per heavy atom. The zero-order valence-corrected chi connectivity index (χ0v) is 16.5. The summed E-state index contributed by atoms with van der Waals surface area (Å²) in [4.78, 5) is 11.7. The van der Waals surface area contributed by atoms with Gasteiger partial charge in [-0.05, 0) is 36.0 Å². The molecule has 1 rings (SSSR count). The van der Waals surface area contributed by atoms with Crippen LogP contribution in [0.3, 0.4) is 0 Å². The maximum atomic E-state index is 11.7. The lowest BCUT2D eigenvalue weighted by Crippen LogP contribution is -2.20. The molecule has 0 radical (unpaired) electrons. The Bertz CT molecular complexity index is 629. The van der Waals surface area contributed by atoms with Crippen molar-refractivity contribution in [3.63, 3.8) is 0 Å². The minimum Gasteiger partial charge on any atom is -0.361 e. The first kappa shape index (κ1) is 21.9. The Labute approximate surface area is 159 Å². The zero-order chi connectivity index (χ0) is 19.3. The van der Waals surface area contributed by atoms with Crippen molar-refractivity contribution in [1.82, 2.24) is 0 Å². The minimum absolute atomic E-state index is 0.0598. The van der Waals surface area contributed by atoms with E-state index in [0.29, 0.717) is 13.0 Å². The number of benzene rings is 1. The summed E-state index contributed by atoms with van der Waals surface area (Å²) in [5.74, 6) is 6.26. The van der Waals surface area contributed by atoms with Gasteiger partial charge in [-0.15, -0.1) is 6.58 Å². The highest BCUT2D eigenvalue weighted by Crippen LogP contribution is 2.25. The van der Waals surface area contributed by atoms with Gasteiger partial charge >= 0.3 is 0 Å². The van der Waals surface area contributed by atoms with Crippen molar-refractivity contribution in [1.29, 1.82) is 0 Å². The van der Waals surface area contributed by atoms with E-state index in [1.807, 2.05) is 36.4 Å². The van der Waals surface area contributed by atoms with Crippen LogP contribution in [-0.2, 0) is 16.1 Å². The monoisotopic (exact) mass is 352 g/mol. The van der Waals surface area contributed by atoms with Gasteiger partial charge in [0.2, 0.25) is 0 Å². The van der Waals surface area contributed by atoms with Crippen molar-refractivity contribution in [2.75, 3.05) is 0 Å². The van der Waals surface area contributed by atoms with Gasteiger partial charge in [-0.2, -0.15) is 0 Å². The summed E-state index contributed by atoms with van der Waals surface area (Å²) in [6, 6.07) is 10.1. The molecule has 0 aliphatic rings.